The zero-order chi connectivity index (χ0) is 13.1. The maximum atomic E-state index is 5.78. The Labute approximate surface area is 111 Å². The smallest absolute Gasteiger partial charge is 0.317 e. The van der Waals surface area contributed by atoms with Crippen LogP contribution in [0.5, 0.6) is 6.01 Å². The molecule has 0 saturated carbocycles. The van der Waals surface area contributed by atoms with Crippen LogP contribution in [0.1, 0.15) is 6.92 Å². The van der Waals surface area contributed by atoms with Gasteiger partial charge in [-0.15, -0.1) is 0 Å². The molecular weight excluding hydrogens is 242 g/mol. The highest BCUT2D eigenvalue weighted by Gasteiger charge is 2.26. The maximum Gasteiger partial charge on any atom is 0.317 e. The van der Waals surface area contributed by atoms with Crippen LogP contribution >= 0.6 is 0 Å². The molecule has 19 heavy (non-hydrogen) atoms. The normalized spacial score (nSPS) is 22.4. The van der Waals surface area contributed by atoms with Crippen LogP contribution in [0.15, 0.2) is 36.8 Å². The minimum absolute atomic E-state index is 0.0316. The van der Waals surface area contributed by atoms with Gasteiger partial charge in [0.2, 0.25) is 0 Å². The van der Waals surface area contributed by atoms with Gasteiger partial charge in [0, 0.05) is 30.1 Å². The molecule has 1 saturated heterocycles. The molecule has 5 nitrogen and oxygen atoms in total. The summed E-state index contributed by atoms with van der Waals surface area (Å²) in [7, 11) is 0. The first kappa shape index (κ1) is 12.0. The van der Waals surface area contributed by atoms with Gasteiger partial charge in [-0.05, 0) is 18.2 Å². The van der Waals surface area contributed by atoms with E-state index in [-0.39, 0.29) is 6.10 Å². The average molecular weight is 257 g/mol. The zero-order valence-electron chi connectivity index (χ0n) is 10.7. The third kappa shape index (κ3) is 2.71. The Balaban J connectivity index is 1.80. The van der Waals surface area contributed by atoms with Gasteiger partial charge in [-0.25, -0.2) is 4.98 Å². The predicted molar refractivity (Wildman–Crippen MR) is 69.7 cm³/mol. The van der Waals surface area contributed by atoms with Crippen molar-refractivity contribution < 1.29 is 9.47 Å². The summed E-state index contributed by atoms with van der Waals surface area (Å²) in [6, 6.07) is 6.08. The Kier molecular flexibility index (Phi) is 3.37. The second-order valence-electron chi connectivity index (χ2n) is 4.64. The fourth-order valence-corrected chi connectivity index (χ4v) is 2.00. The zero-order valence-corrected chi connectivity index (χ0v) is 10.7. The molecule has 0 amide bonds. The quantitative estimate of drug-likeness (QED) is 0.841. The second kappa shape index (κ2) is 5.32. The number of hydrogen-bond donors (Lipinski definition) is 0. The summed E-state index contributed by atoms with van der Waals surface area (Å²) in [5.74, 6) is 0.366. The fraction of sp³-hybridized carbons (Fsp3) is 0.357. The molecule has 5 heteroatoms. The molecule has 0 bridgehead atoms. The van der Waals surface area contributed by atoms with Gasteiger partial charge in [0.1, 0.15) is 6.10 Å². The summed E-state index contributed by atoms with van der Waals surface area (Å²) in [6.07, 6.45) is 5.24. The van der Waals surface area contributed by atoms with Crippen molar-refractivity contribution in [2.45, 2.75) is 13.0 Å². The molecule has 2 unspecified atom stereocenters. The van der Waals surface area contributed by atoms with Crippen LogP contribution in [-0.4, -0.2) is 34.3 Å². The van der Waals surface area contributed by atoms with Crippen LogP contribution in [0, 0.1) is 5.92 Å². The van der Waals surface area contributed by atoms with E-state index in [1.54, 1.807) is 18.6 Å². The second-order valence-corrected chi connectivity index (χ2v) is 4.64. The molecule has 2 aromatic heterocycles. The number of pyridine rings is 1. The van der Waals surface area contributed by atoms with E-state index >= 15 is 0 Å². The SMILES string of the molecule is CC1COCC1Oc1nccc(-c2cccnc2)n1. The van der Waals surface area contributed by atoms with Gasteiger partial charge >= 0.3 is 6.01 Å². The van der Waals surface area contributed by atoms with E-state index in [9.17, 15) is 0 Å². The summed E-state index contributed by atoms with van der Waals surface area (Å²) >= 11 is 0. The van der Waals surface area contributed by atoms with Gasteiger partial charge in [0.05, 0.1) is 18.9 Å². The molecule has 3 rings (SSSR count). The number of hydrogen-bond acceptors (Lipinski definition) is 5. The molecule has 2 aromatic rings. The molecule has 3 heterocycles. The fourth-order valence-electron chi connectivity index (χ4n) is 2.00. The molecule has 0 spiro atoms. The van der Waals surface area contributed by atoms with Gasteiger partial charge in [-0.3, -0.25) is 4.98 Å². The summed E-state index contributed by atoms with van der Waals surface area (Å²) in [5.41, 5.74) is 1.76. The standard InChI is InChI=1S/C14H15N3O2/c1-10-8-18-9-13(10)19-14-16-6-4-12(17-14)11-3-2-5-15-7-11/h2-7,10,13H,8-9H2,1H3. The van der Waals surface area contributed by atoms with Crippen molar-refractivity contribution in [2.75, 3.05) is 13.2 Å². The van der Waals surface area contributed by atoms with E-state index in [4.69, 9.17) is 9.47 Å². The maximum absolute atomic E-state index is 5.78. The van der Waals surface area contributed by atoms with Crippen LogP contribution in [0.2, 0.25) is 0 Å². The van der Waals surface area contributed by atoms with Crippen molar-refractivity contribution in [2.24, 2.45) is 5.92 Å². The molecule has 2 atom stereocenters. The third-order valence-corrected chi connectivity index (χ3v) is 3.15. The first-order valence-electron chi connectivity index (χ1n) is 6.31. The molecule has 0 N–H and O–H groups in total. The lowest BCUT2D eigenvalue weighted by Gasteiger charge is -2.14. The van der Waals surface area contributed by atoms with Crippen LogP contribution in [0.3, 0.4) is 0 Å². The van der Waals surface area contributed by atoms with Crippen LogP contribution in [0.4, 0.5) is 0 Å². The molecule has 0 aliphatic carbocycles. The Morgan fingerprint density at radius 2 is 2.21 bits per heavy atom. The molecule has 1 aliphatic heterocycles. The first-order chi connectivity index (χ1) is 9.33. The molecule has 0 radical (unpaired) electrons. The number of nitrogens with zero attached hydrogens (tertiary/aromatic N) is 3. The highest BCUT2D eigenvalue weighted by Crippen LogP contribution is 2.20. The van der Waals surface area contributed by atoms with Gasteiger partial charge in [0.25, 0.3) is 0 Å². The Hall–Kier alpha value is -2.01. The van der Waals surface area contributed by atoms with Crippen molar-refractivity contribution in [3.63, 3.8) is 0 Å². The molecule has 1 aliphatic rings. The molecule has 0 aromatic carbocycles. The highest BCUT2D eigenvalue weighted by molar-refractivity contribution is 5.57. The van der Waals surface area contributed by atoms with E-state index in [0.717, 1.165) is 17.9 Å². The monoisotopic (exact) mass is 257 g/mol. The van der Waals surface area contributed by atoms with E-state index in [2.05, 4.69) is 21.9 Å². The number of ether oxygens (including phenoxy) is 2. The van der Waals surface area contributed by atoms with Crippen LogP contribution in [0.25, 0.3) is 11.3 Å². The van der Waals surface area contributed by atoms with Crippen LogP contribution in [-0.2, 0) is 4.74 Å². The predicted octanol–water partition coefficient (Wildman–Crippen LogP) is 1.95. The van der Waals surface area contributed by atoms with Gasteiger partial charge in [0.15, 0.2) is 0 Å². The Bertz CT molecular complexity index is 547. The Morgan fingerprint density at radius 1 is 1.26 bits per heavy atom. The van der Waals surface area contributed by atoms with Gasteiger partial charge < -0.3 is 9.47 Å². The van der Waals surface area contributed by atoms with Crippen molar-refractivity contribution in [3.8, 4) is 17.3 Å². The Morgan fingerprint density at radius 3 is 2.95 bits per heavy atom. The minimum atomic E-state index is 0.0316. The summed E-state index contributed by atoms with van der Waals surface area (Å²) in [5, 5.41) is 0. The molecular formula is C14H15N3O2. The largest absolute Gasteiger partial charge is 0.457 e. The van der Waals surface area contributed by atoms with Gasteiger partial charge in [-0.1, -0.05) is 6.92 Å². The van der Waals surface area contributed by atoms with Gasteiger partial charge in [-0.2, -0.15) is 4.98 Å². The molecule has 1 fully saturated rings. The highest BCUT2D eigenvalue weighted by atomic mass is 16.6. The third-order valence-electron chi connectivity index (χ3n) is 3.15. The van der Waals surface area contributed by atoms with Crippen molar-refractivity contribution >= 4 is 0 Å². The van der Waals surface area contributed by atoms with Crippen molar-refractivity contribution in [1.82, 2.24) is 15.0 Å². The summed E-state index contributed by atoms with van der Waals surface area (Å²) < 4.78 is 11.1. The topological polar surface area (TPSA) is 57.1 Å². The summed E-state index contributed by atoms with van der Waals surface area (Å²) in [6.45, 7) is 3.43. The van der Waals surface area contributed by atoms with E-state index in [1.807, 2.05) is 18.2 Å². The lowest BCUT2D eigenvalue weighted by Crippen LogP contribution is -2.24. The first-order valence-corrected chi connectivity index (χ1v) is 6.31. The lowest BCUT2D eigenvalue weighted by molar-refractivity contribution is 0.130. The number of rotatable bonds is 3. The van der Waals surface area contributed by atoms with Crippen molar-refractivity contribution in [3.05, 3.63) is 36.8 Å². The average Bonchev–Trinajstić information content (AvgIpc) is 2.86. The van der Waals surface area contributed by atoms with Crippen LogP contribution < -0.4 is 4.74 Å². The summed E-state index contributed by atoms with van der Waals surface area (Å²) in [4.78, 5) is 12.7. The minimum Gasteiger partial charge on any atom is -0.457 e. The van der Waals surface area contributed by atoms with E-state index < -0.39 is 0 Å². The lowest BCUT2D eigenvalue weighted by atomic mass is 10.1. The van der Waals surface area contributed by atoms with E-state index in [0.29, 0.717) is 18.5 Å². The van der Waals surface area contributed by atoms with Crippen molar-refractivity contribution in [1.29, 1.82) is 0 Å². The van der Waals surface area contributed by atoms with E-state index in [1.165, 1.54) is 0 Å². The number of aromatic nitrogens is 3. The molecule has 98 valence electrons.